The zero-order valence-electron chi connectivity index (χ0n) is 16.9. The first-order valence-corrected chi connectivity index (χ1v) is 9.51. The second-order valence-electron chi connectivity index (χ2n) is 7.35. The first kappa shape index (κ1) is 21.6. The summed E-state index contributed by atoms with van der Waals surface area (Å²) in [6, 6.07) is 7.13. The van der Waals surface area contributed by atoms with Crippen LogP contribution in [0.15, 0.2) is 35.1 Å². The maximum absolute atomic E-state index is 14.3. The van der Waals surface area contributed by atoms with Crippen molar-refractivity contribution in [2.45, 2.75) is 52.6 Å². The number of hydrogen-bond donors (Lipinski definition) is 1. The van der Waals surface area contributed by atoms with E-state index >= 15 is 0 Å². The number of nitrogens with zero attached hydrogens (tertiary/aromatic N) is 2. The molecule has 7 heteroatoms. The van der Waals surface area contributed by atoms with Crippen LogP contribution in [0.3, 0.4) is 0 Å². The molecule has 1 amide bonds. The molecule has 1 N–H and O–H groups in total. The molecule has 2 aromatic rings. The Morgan fingerprint density at radius 1 is 1.21 bits per heavy atom. The van der Waals surface area contributed by atoms with Gasteiger partial charge in [-0.15, -0.1) is 0 Å². The lowest BCUT2D eigenvalue weighted by molar-refractivity contribution is -0.122. The minimum absolute atomic E-state index is 0.0177. The first-order valence-electron chi connectivity index (χ1n) is 9.51. The molecule has 6 nitrogen and oxygen atoms in total. The maximum atomic E-state index is 14.3. The highest BCUT2D eigenvalue weighted by Gasteiger charge is 2.13. The van der Waals surface area contributed by atoms with Crippen molar-refractivity contribution in [3.8, 4) is 17.0 Å². The van der Waals surface area contributed by atoms with Crippen LogP contribution in [-0.2, 0) is 11.3 Å². The number of methoxy groups -OCH3 is 1. The summed E-state index contributed by atoms with van der Waals surface area (Å²) in [4.78, 5) is 24.3. The van der Waals surface area contributed by atoms with E-state index in [-0.39, 0.29) is 29.8 Å². The fourth-order valence-electron chi connectivity index (χ4n) is 2.90. The van der Waals surface area contributed by atoms with Gasteiger partial charge in [0.05, 0.1) is 12.8 Å². The van der Waals surface area contributed by atoms with Crippen LogP contribution in [0, 0.1) is 11.7 Å². The maximum Gasteiger partial charge on any atom is 0.267 e. The lowest BCUT2D eigenvalue weighted by Gasteiger charge is -2.15. The van der Waals surface area contributed by atoms with Crippen LogP contribution in [0.1, 0.15) is 40.0 Å². The predicted molar refractivity (Wildman–Crippen MR) is 107 cm³/mol. The summed E-state index contributed by atoms with van der Waals surface area (Å²) < 4.78 is 20.3. The molecule has 1 atom stereocenters. The van der Waals surface area contributed by atoms with Crippen molar-refractivity contribution in [1.82, 2.24) is 15.1 Å². The fraction of sp³-hybridized carbons (Fsp3) is 0.476. The SMILES string of the molecule is COc1ccc(-c2ccc(=O)n(CC(=O)N[C@H](C)CCCC(C)C)n2)c(F)c1. The molecule has 1 heterocycles. The van der Waals surface area contributed by atoms with Crippen molar-refractivity contribution in [1.29, 1.82) is 0 Å². The summed E-state index contributed by atoms with van der Waals surface area (Å²) in [6.45, 7) is 6.07. The van der Waals surface area contributed by atoms with E-state index in [4.69, 9.17) is 4.74 Å². The van der Waals surface area contributed by atoms with Crippen molar-refractivity contribution in [2.75, 3.05) is 7.11 Å². The molecule has 0 fully saturated rings. The monoisotopic (exact) mass is 389 g/mol. The van der Waals surface area contributed by atoms with E-state index in [9.17, 15) is 14.0 Å². The van der Waals surface area contributed by atoms with Gasteiger partial charge in [0.25, 0.3) is 5.56 Å². The van der Waals surface area contributed by atoms with Gasteiger partial charge in [0, 0.05) is 23.7 Å². The third kappa shape index (κ3) is 6.18. The molecule has 0 unspecified atom stereocenters. The van der Waals surface area contributed by atoms with E-state index < -0.39 is 11.4 Å². The molecule has 28 heavy (non-hydrogen) atoms. The molecule has 0 saturated heterocycles. The Hall–Kier alpha value is -2.70. The number of carbonyl (C=O) groups excluding carboxylic acids is 1. The molecule has 0 aliphatic heterocycles. The van der Waals surface area contributed by atoms with Crippen LogP contribution >= 0.6 is 0 Å². The average molecular weight is 389 g/mol. The van der Waals surface area contributed by atoms with Crippen molar-refractivity contribution in [3.05, 3.63) is 46.5 Å². The normalized spacial score (nSPS) is 12.1. The van der Waals surface area contributed by atoms with Crippen LogP contribution in [0.2, 0.25) is 0 Å². The van der Waals surface area contributed by atoms with Crippen molar-refractivity contribution in [3.63, 3.8) is 0 Å². The van der Waals surface area contributed by atoms with Crippen molar-refractivity contribution in [2.24, 2.45) is 5.92 Å². The summed E-state index contributed by atoms with van der Waals surface area (Å²) in [5, 5.41) is 7.04. The van der Waals surface area contributed by atoms with Crippen molar-refractivity contribution >= 4 is 5.91 Å². The van der Waals surface area contributed by atoms with Gasteiger partial charge in [-0.25, -0.2) is 9.07 Å². The molecule has 0 aliphatic carbocycles. The van der Waals surface area contributed by atoms with Gasteiger partial charge in [-0.3, -0.25) is 9.59 Å². The number of nitrogens with one attached hydrogen (secondary N) is 1. The van der Waals surface area contributed by atoms with E-state index in [0.717, 1.165) is 23.9 Å². The topological polar surface area (TPSA) is 73.2 Å². The van der Waals surface area contributed by atoms with Gasteiger partial charge in [0.1, 0.15) is 18.1 Å². The number of carbonyl (C=O) groups is 1. The molecular formula is C21H28FN3O3. The highest BCUT2D eigenvalue weighted by molar-refractivity contribution is 5.76. The molecule has 152 valence electrons. The fourth-order valence-corrected chi connectivity index (χ4v) is 2.90. The van der Waals surface area contributed by atoms with Crippen LogP contribution < -0.4 is 15.6 Å². The largest absolute Gasteiger partial charge is 0.497 e. The zero-order chi connectivity index (χ0) is 20.7. The van der Waals surface area contributed by atoms with Gasteiger partial charge in [-0.05, 0) is 37.5 Å². The number of ether oxygens (including phenoxy) is 1. The summed E-state index contributed by atoms with van der Waals surface area (Å²) in [6.07, 6.45) is 3.02. The molecule has 0 saturated carbocycles. The van der Waals surface area contributed by atoms with Gasteiger partial charge < -0.3 is 10.1 Å². The molecule has 0 spiro atoms. The van der Waals surface area contributed by atoms with Crippen LogP contribution in [0.25, 0.3) is 11.3 Å². The van der Waals surface area contributed by atoms with Gasteiger partial charge >= 0.3 is 0 Å². The van der Waals surface area contributed by atoms with Crippen LogP contribution in [0.4, 0.5) is 4.39 Å². The van der Waals surface area contributed by atoms with Crippen LogP contribution in [-0.4, -0.2) is 28.8 Å². The van der Waals surface area contributed by atoms with Gasteiger partial charge in [0.15, 0.2) is 0 Å². The second-order valence-corrected chi connectivity index (χ2v) is 7.35. The number of hydrogen-bond acceptors (Lipinski definition) is 4. The lowest BCUT2D eigenvalue weighted by Crippen LogP contribution is -2.38. The smallest absolute Gasteiger partial charge is 0.267 e. The summed E-state index contributed by atoms with van der Waals surface area (Å²) in [5.74, 6) is 0.214. The van der Waals surface area contributed by atoms with E-state index in [2.05, 4.69) is 24.3 Å². The minimum Gasteiger partial charge on any atom is -0.497 e. The van der Waals surface area contributed by atoms with E-state index in [1.165, 1.54) is 31.4 Å². The zero-order valence-corrected chi connectivity index (χ0v) is 16.9. The van der Waals surface area contributed by atoms with E-state index in [0.29, 0.717) is 11.7 Å². The van der Waals surface area contributed by atoms with E-state index in [1.54, 1.807) is 6.07 Å². The third-order valence-corrected chi connectivity index (χ3v) is 4.44. The van der Waals surface area contributed by atoms with Gasteiger partial charge in [-0.1, -0.05) is 26.7 Å². The number of halogens is 1. The molecular weight excluding hydrogens is 361 g/mol. The van der Waals surface area contributed by atoms with Crippen molar-refractivity contribution < 1.29 is 13.9 Å². The summed E-state index contributed by atoms with van der Waals surface area (Å²) >= 11 is 0. The van der Waals surface area contributed by atoms with Gasteiger partial charge in [-0.2, -0.15) is 5.10 Å². The number of aromatic nitrogens is 2. The molecule has 0 aliphatic rings. The lowest BCUT2D eigenvalue weighted by atomic mass is 10.0. The first-order chi connectivity index (χ1) is 13.3. The summed E-state index contributed by atoms with van der Waals surface area (Å²) in [7, 11) is 1.45. The highest BCUT2D eigenvalue weighted by Crippen LogP contribution is 2.23. The Labute approximate surface area is 164 Å². The van der Waals surface area contributed by atoms with E-state index in [1.807, 2.05) is 6.92 Å². The summed E-state index contributed by atoms with van der Waals surface area (Å²) in [5.41, 5.74) is 0.0924. The number of benzene rings is 1. The minimum atomic E-state index is -0.514. The number of amides is 1. The molecule has 1 aromatic heterocycles. The Morgan fingerprint density at radius 2 is 1.96 bits per heavy atom. The average Bonchev–Trinajstić information content (AvgIpc) is 2.63. The van der Waals surface area contributed by atoms with Gasteiger partial charge in [0.2, 0.25) is 5.91 Å². The Kier molecular flexibility index (Phi) is 7.72. The predicted octanol–water partition coefficient (Wildman–Crippen LogP) is 3.39. The molecule has 2 rings (SSSR count). The third-order valence-electron chi connectivity index (χ3n) is 4.44. The highest BCUT2D eigenvalue weighted by atomic mass is 19.1. The Bertz CT molecular complexity index is 864. The molecule has 1 aromatic carbocycles. The standard InChI is InChI=1S/C21H28FN3O3/c1-14(2)6-5-7-15(3)23-20(26)13-25-21(27)11-10-19(24-25)17-9-8-16(28-4)12-18(17)22/h8-12,14-15H,5-7,13H2,1-4H3,(H,23,26)/t15-/m1/s1. The Balaban J connectivity index is 2.07. The van der Waals surface area contributed by atoms with Crippen LogP contribution in [0.5, 0.6) is 5.75 Å². The molecule has 0 radical (unpaired) electrons. The Morgan fingerprint density at radius 3 is 2.61 bits per heavy atom. The molecule has 0 bridgehead atoms. The number of rotatable bonds is 9. The quantitative estimate of drug-likeness (QED) is 0.713. The second kappa shape index (κ2) is 10.0.